The first kappa shape index (κ1) is 19.9. The third kappa shape index (κ3) is 5.14. The number of likely N-dealkylation sites (tertiary alicyclic amines) is 1. The third-order valence-electron chi connectivity index (χ3n) is 6.15. The van der Waals surface area contributed by atoms with E-state index in [-0.39, 0.29) is 12.0 Å². The Morgan fingerprint density at radius 1 is 0.966 bits per heavy atom. The SMILES string of the molecule is OCC1(CCCc2ccccc2)CCCN(Cc2cnn(-c3ccccc3)c2)C1. The summed E-state index contributed by atoms with van der Waals surface area (Å²) in [5, 5.41) is 14.8. The molecule has 1 atom stereocenters. The molecule has 1 aliphatic heterocycles. The molecule has 0 radical (unpaired) electrons. The van der Waals surface area contributed by atoms with Gasteiger partial charge in [0.05, 0.1) is 11.9 Å². The normalized spacial score (nSPS) is 20.0. The van der Waals surface area contributed by atoms with E-state index in [1.165, 1.54) is 11.1 Å². The van der Waals surface area contributed by atoms with E-state index < -0.39 is 0 Å². The standard InChI is InChI=1S/C25H31N3O/c29-21-25(14-7-11-22-9-3-1-4-10-22)15-8-16-27(20-25)18-23-17-26-28(19-23)24-12-5-2-6-13-24/h1-6,9-10,12-13,17,19,29H,7-8,11,14-16,18,20-21H2. The minimum Gasteiger partial charge on any atom is -0.396 e. The number of aliphatic hydroxyl groups is 1. The predicted molar refractivity (Wildman–Crippen MR) is 117 cm³/mol. The van der Waals surface area contributed by atoms with Gasteiger partial charge in [0, 0.05) is 36.9 Å². The van der Waals surface area contributed by atoms with Crippen molar-refractivity contribution in [3.63, 3.8) is 0 Å². The average molecular weight is 390 g/mol. The molecule has 1 saturated heterocycles. The molecule has 1 fully saturated rings. The minimum atomic E-state index is 0.0302. The molecule has 2 heterocycles. The van der Waals surface area contributed by atoms with Gasteiger partial charge in [-0.05, 0) is 56.3 Å². The van der Waals surface area contributed by atoms with Crippen molar-refractivity contribution in [3.05, 3.63) is 84.2 Å². The first-order valence-electron chi connectivity index (χ1n) is 10.7. The summed E-state index contributed by atoms with van der Waals surface area (Å²) >= 11 is 0. The van der Waals surface area contributed by atoms with Gasteiger partial charge in [-0.15, -0.1) is 0 Å². The molecule has 0 saturated carbocycles. The van der Waals surface area contributed by atoms with Crippen molar-refractivity contribution < 1.29 is 5.11 Å². The van der Waals surface area contributed by atoms with Crippen LogP contribution in [0.3, 0.4) is 0 Å². The summed E-state index contributed by atoms with van der Waals surface area (Å²) in [6, 6.07) is 20.9. The Morgan fingerprint density at radius 3 is 2.48 bits per heavy atom. The number of aromatic nitrogens is 2. The fraction of sp³-hybridized carbons (Fsp3) is 0.400. The molecule has 3 aromatic rings. The van der Waals surface area contributed by atoms with Crippen LogP contribution >= 0.6 is 0 Å². The number of rotatable bonds is 8. The molecule has 4 rings (SSSR count). The van der Waals surface area contributed by atoms with Gasteiger partial charge in [0.15, 0.2) is 0 Å². The van der Waals surface area contributed by atoms with Crippen molar-refractivity contribution in [3.8, 4) is 5.69 Å². The molecule has 1 unspecified atom stereocenters. The molecule has 1 aliphatic rings. The first-order chi connectivity index (χ1) is 14.3. The second-order valence-corrected chi connectivity index (χ2v) is 8.44. The molecular formula is C25H31N3O. The number of aliphatic hydroxyl groups excluding tert-OH is 1. The van der Waals surface area contributed by atoms with Crippen molar-refractivity contribution in [2.24, 2.45) is 5.41 Å². The molecule has 0 aliphatic carbocycles. The number of piperidine rings is 1. The lowest BCUT2D eigenvalue weighted by Gasteiger charge is -2.42. The summed E-state index contributed by atoms with van der Waals surface area (Å²) in [6.07, 6.45) is 9.67. The molecular weight excluding hydrogens is 358 g/mol. The molecule has 1 aromatic heterocycles. The van der Waals surface area contributed by atoms with Gasteiger partial charge in [-0.2, -0.15) is 5.10 Å². The number of benzene rings is 2. The fourth-order valence-electron chi connectivity index (χ4n) is 4.59. The van der Waals surface area contributed by atoms with Crippen LogP contribution in [0, 0.1) is 5.41 Å². The van der Waals surface area contributed by atoms with Crippen LogP contribution in [-0.2, 0) is 13.0 Å². The maximum Gasteiger partial charge on any atom is 0.0645 e. The molecule has 4 nitrogen and oxygen atoms in total. The number of nitrogens with zero attached hydrogens (tertiary/aromatic N) is 3. The summed E-state index contributed by atoms with van der Waals surface area (Å²) in [6.45, 7) is 3.24. The van der Waals surface area contributed by atoms with Crippen LogP contribution < -0.4 is 0 Å². The molecule has 0 amide bonds. The van der Waals surface area contributed by atoms with Crippen LogP contribution in [0.4, 0.5) is 0 Å². The van der Waals surface area contributed by atoms with E-state index in [1.807, 2.05) is 29.1 Å². The van der Waals surface area contributed by atoms with E-state index in [0.717, 1.165) is 57.4 Å². The molecule has 4 heteroatoms. The lowest BCUT2D eigenvalue weighted by Crippen LogP contribution is -2.45. The van der Waals surface area contributed by atoms with Gasteiger partial charge in [0.1, 0.15) is 0 Å². The van der Waals surface area contributed by atoms with E-state index in [0.29, 0.717) is 0 Å². The van der Waals surface area contributed by atoms with Gasteiger partial charge in [0.25, 0.3) is 0 Å². The van der Waals surface area contributed by atoms with E-state index in [1.54, 1.807) is 0 Å². The van der Waals surface area contributed by atoms with Gasteiger partial charge >= 0.3 is 0 Å². The molecule has 29 heavy (non-hydrogen) atoms. The van der Waals surface area contributed by atoms with E-state index in [4.69, 9.17) is 0 Å². The average Bonchev–Trinajstić information content (AvgIpc) is 3.24. The van der Waals surface area contributed by atoms with Crippen LogP contribution in [0.25, 0.3) is 5.69 Å². The number of hydrogen-bond acceptors (Lipinski definition) is 3. The van der Waals surface area contributed by atoms with Gasteiger partial charge in [0.2, 0.25) is 0 Å². The lowest BCUT2D eigenvalue weighted by molar-refractivity contribution is 0.0208. The Morgan fingerprint density at radius 2 is 1.72 bits per heavy atom. The Balaban J connectivity index is 1.35. The van der Waals surface area contributed by atoms with Gasteiger partial charge in [-0.3, -0.25) is 4.90 Å². The Kier molecular flexibility index (Phi) is 6.43. The van der Waals surface area contributed by atoms with Crippen molar-refractivity contribution in [1.82, 2.24) is 14.7 Å². The van der Waals surface area contributed by atoms with Crippen LogP contribution in [0.15, 0.2) is 73.1 Å². The maximum absolute atomic E-state index is 10.2. The van der Waals surface area contributed by atoms with E-state index in [9.17, 15) is 5.11 Å². The maximum atomic E-state index is 10.2. The van der Waals surface area contributed by atoms with E-state index in [2.05, 4.69) is 58.7 Å². The highest BCUT2D eigenvalue weighted by Crippen LogP contribution is 2.35. The van der Waals surface area contributed by atoms with Crippen LogP contribution in [0.2, 0.25) is 0 Å². The topological polar surface area (TPSA) is 41.3 Å². The highest BCUT2D eigenvalue weighted by Gasteiger charge is 2.34. The van der Waals surface area contributed by atoms with Crippen LogP contribution in [-0.4, -0.2) is 39.5 Å². The summed E-state index contributed by atoms with van der Waals surface area (Å²) in [4.78, 5) is 2.49. The van der Waals surface area contributed by atoms with Gasteiger partial charge in [-0.25, -0.2) is 4.68 Å². The second kappa shape index (κ2) is 9.38. The quantitative estimate of drug-likeness (QED) is 0.618. The summed E-state index contributed by atoms with van der Waals surface area (Å²) in [5.41, 5.74) is 3.74. The molecule has 152 valence electrons. The summed E-state index contributed by atoms with van der Waals surface area (Å²) in [7, 11) is 0. The van der Waals surface area contributed by atoms with Gasteiger partial charge < -0.3 is 5.11 Å². The Bertz CT molecular complexity index is 877. The van der Waals surface area contributed by atoms with Crippen LogP contribution in [0.1, 0.15) is 36.8 Å². The van der Waals surface area contributed by atoms with Crippen molar-refractivity contribution in [2.75, 3.05) is 19.7 Å². The molecule has 1 N–H and O–H groups in total. The highest BCUT2D eigenvalue weighted by molar-refractivity contribution is 5.30. The lowest BCUT2D eigenvalue weighted by atomic mass is 9.76. The zero-order chi connectivity index (χ0) is 19.9. The summed E-state index contributed by atoms with van der Waals surface area (Å²) < 4.78 is 1.94. The number of aryl methyl sites for hydroxylation is 1. The highest BCUT2D eigenvalue weighted by atomic mass is 16.3. The fourth-order valence-corrected chi connectivity index (χ4v) is 4.59. The zero-order valence-corrected chi connectivity index (χ0v) is 17.1. The Hall–Kier alpha value is -2.43. The monoisotopic (exact) mass is 389 g/mol. The van der Waals surface area contributed by atoms with E-state index >= 15 is 0 Å². The van der Waals surface area contributed by atoms with Crippen molar-refractivity contribution in [2.45, 2.75) is 38.6 Å². The minimum absolute atomic E-state index is 0.0302. The predicted octanol–water partition coefficient (Wildman–Crippen LogP) is 4.47. The zero-order valence-electron chi connectivity index (χ0n) is 17.1. The molecule has 2 aromatic carbocycles. The largest absolute Gasteiger partial charge is 0.396 e. The van der Waals surface area contributed by atoms with Crippen LogP contribution in [0.5, 0.6) is 0 Å². The third-order valence-corrected chi connectivity index (χ3v) is 6.15. The van der Waals surface area contributed by atoms with Crippen molar-refractivity contribution in [1.29, 1.82) is 0 Å². The molecule has 0 spiro atoms. The number of para-hydroxylation sites is 1. The summed E-state index contributed by atoms with van der Waals surface area (Å²) in [5.74, 6) is 0. The molecule has 0 bridgehead atoms. The Labute approximate surface area is 173 Å². The van der Waals surface area contributed by atoms with Crippen molar-refractivity contribution >= 4 is 0 Å². The first-order valence-corrected chi connectivity index (χ1v) is 10.7. The smallest absolute Gasteiger partial charge is 0.0645 e. The second-order valence-electron chi connectivity index (χ2n) is 8.44. The van der Waals surface area contributed by atoms with Gasteiger partial charge in [-0.1, -0.05) is 48.5 Å². The number of hydrogen-bond donors (Lipinski definition) is 1.